The molecule has 0 aliphatic carbocycles. The van der Waals surface area contributed by atoms with Gasteiger partial charge in [-0.1, -0.05) is 29.8 Å². The first-order chi connectivity index (χ1) is 13.5. The molecule has 1 aromatic heterocycles. The predicted octanol–water partition coefficient (Wildman–Crippen LogP) is 2.25. The lowest BCUT2D eigenvalue weighted by atomic mass is 10.0. The minimum atomic E-state index is 0.114. The molecule has 146 valence electrons. The van der Waals surface area contributed by atoms with Gasteiger partial charge >= 0.3 is 0 Å². The van der Waals surface area contributed by atoms with Gasteiger partial charge in [0.15, 0.2) is 0 Å². The molecule has 2 aliphatic heterocycles. The molecule has 1 atom stereocenters. The van der Waals surface area contributed by atoms with Crippen molar-refractivity contribution in [2.75, 3.05) is 19.6 Å². The minimum Gasteiger partial charge on any atom is -0.342 e. The van der Waals surface area contributed by atoms with Crippen molar-refractivity contribution in [2.24, 2.45) is 0 Å². The SMILES string of the molecule is CC(=O)N1CC[C@H](c2ncc3c(n2)CCN(C(=O)Cc2cccc(C)c2)C3)C1. The molecule has 2 amide bonds. The van der Waals surface area contributed by atoms with Gasteiger partial charge in [0, 0.05) is 57.2 Å². The van der Waals surface area contributed by atoms with Crippen LogP contribution < -0.4 is 0 Å². The Kier molecular flexibility index (Phi) is 5.11. The van der Waals surface area contributed by atoms with Crippen LogP contribution in [0, 0.1) is 6.92 Å². The maximum atomic E-state index is 12.7. The van der Waals surface area contributed by atoms with E-state index in [0.717, 1.165) is 42.0 Å². The fourth-order valence-electron chi connectivity index (χ4n) is 4.11. The van der Waals surface area contributed by atoms with Gasteiger partial charge < -0.3 is 9.80 Å². The molecule has 0 spiro atoms. The Hall–Kier alpha value is -2.76. The van der Waals surface area contributed by atoms with Crippen molar-refractivity contribution in [3.05, 3.63) is 58.7 Å². The molecule has 0 N–H and O–H groups in total. The largest absolute Gasteiger partial charge is 0.342 e. The third kappa shape index (κ3) is 3.91. The van der Waals surface area contributed by atoms with E-state index in [4.69, 9.17) is 4.98 Å². The van der Waals surface area contributed by atoms with E-state index in [1.807, 2.05) is 41.1 Å². The molecule has 0 radical (unpaired) electrons. The Morgan fingerprint density at radius 3 is 2.82 bits per heavy atom. The van der Waals surface area contributed by atoms with Gasteiger partial charge in [0.25, 0.3) is 0 Å². The first kappa shape index (κ1) is 18.6. The number of fused-ring (bicyclic) bond motifs is 1. The van der Waals surface area contributed by atoms with Gasteiger partial charge in [0.05, 0.1) is 12.1 Å². The van der Waals surface area contributed by atoms with Crippen molar-refractivity contribution in [1.82, 2.24) is 19.8 Å². The number of aromatic nitrogens is 2. The second-order valence-electron chi connectivity index (χ2n) is 7.88. The lowest BCUT2D eigenvalue weighted by molar-refractivity contribution is -0.131. The number of benzene rings is 1. The summed E-state index contributed by atoms with van der Waals surface area (Å²) in [5.74, 6) is 1.31. The number of carbonyl (C=O) groups is 2. The van der Waals surface area contributed by atoms with Crippen LogP contribution in [-0.4, -0.2) is 51.2 Å². The third-order valence-electron chi connectivity index (χ3n) is 5.74. The topological polar surface area (TPSA) is 66.4 Å². The molecular weight excluding hydrogens is 352 g/mol. The molecule has 1 saturated heterocycles. The van der Waals surface area contributed by atoms with E-state index in [9.17, 15) is 9.59 Å². The number of likely N-dealkylation sites (tertiary alicyclic amines) is 1. The average molecular weight is 378 g/mol. The molecule has 3 heterocycles. The Morgan fingerprint density at radius 1 is 1.21 bits per heavy atom. The van der Waals surface area contributed by atoms with Gasteiger partial charge in [0.2, 0.25) is 11.8 Å². The Morgan fingerprint density at radius 2 is 2.07 bits per heavy atom. The lowest BCUT2D eigenvalue weighted by Gasteiger charge is -2.28. The average Bonchev–Trinajstić information content (AvgIpc) is 3.18. The highest BCUT2D eigenvalue weighted by Gasteiger charge is 2.29. The van der Waals surface area contributed by atoms with Crippen molar-refractivity contribution >= 4 is 11.8 Å². The summed E-state index contributed by atoms with van der Waals surface area (Å²) < 4.78 is 0. The highest BCUT2D eigenvalue weighted by atomic mass is 16.2. The lowest BCUT2D eigenvalue weighted by Crippen LogP contribution is -2.37. The maximum Gasteiger partial charge on any atom is 0.227 e. The monoisotopic (exact) mass is 378 g/mol. The van der Waals surface area contributed by atoms with E-state index in [2.05, 4.69) is 11.1 Å². The molecule has 4 rings (SSSR count). The van der Waals surface area contributed by atoms with E-state index >= 15 is 0 Å². The predicted molar refractivity (Wildman–Crippen MR) is 106 cm³/mol. The van der Waals surface area contributed by atoms with Crippen molar-refractivity contribution < 1.29 is 9.59 Å². The van der Waals surface area contributed by atoms with Gasteiger partial charge in [-0.3, -0.25) is 9.59 Å². The van der Waals surface area contributed by atoms with Gasteiger partial charge in [-0.15, -0.1) is 0 Å². The van der Waals surface area contributed by atoms with Crippen LogP contribution in [0.25, 0.3) is 0 Å². The summed E-state index contributed by atoms with van der Waals surface area (Å²) in [4.78, 5) is 37.4. The molecule has 0 unspecified atom stereocenters. The van der Waals surface area contributed by atoms with Crippen molar-refractivity contribution in [2.45, 2.75) is 45.6 Å². The maximum absolute atomic E-state index is 12.7. The summed E-state index contributed by atoms with van der Waals surface area (Å²) in [6, 6.07) is 8.11. The van der Waals surface area contributed by atoms with E-state index < -0.39 is 0 Å². The molecule has 0 bridgehead atoms. The zero-order valence-electron chi connectivity index (χ0n) is 16.5. The van der Waals surface area contributed by atoms with E-state index in [0.29, 0.717) is 26.1 Å². The van der Waals surface area contributed by atoms with E-state index in [-0.39, 0.29) is 17.7 Å². The number of rotatable bonds is 3. The Balaban J connectivity index is 1.42. The molecule has 28 heavy (non-hydrogen) atoms. The van der Waals surface area contributed by atoms with E-state index in [1.54, 1.807) is 6.92 Å². The third-order valence-corrected chi connectivity index (χ3v) is 5.74. The van der Waals surface area contributed by atoms with Gasteiger partial charge in [-0.05, 0) is 18.9 Å². The van der Waals surface area contributed by atoms with Crippen LogP contribution in [0.1, 0.15) is 47.5 Å². The normalized spacial score (nSPS) is 18.9. The molecule has 2 aliphatic rings. The van der Waals surface area contributed by atoms with Crippen LogP contribution in [0.5, 0.6) is 0 Å². The number of nitrogens with zero attached hydrogens (tertiary/aromatic N) is 4. The summed E-state index contributed by atoms with van der Waals surface area (Å²) in [6.07, 6.45) is 3.98. The van der Waals surface area contributed by atoms with Gasteiger partial charge in [-0.25, -0.2) is 9.97 Å². The van der Waals surface area contributed by atoms with Crippen LogP contribution in [0.2, 0.25) is 0 Å². The van der Waals surface area contributed by atoms with Crippen LogP contribution >= 0.6 is 0 Å². The molecule has 1 fully saturated rings. The minimum absolute atomic E-state index is 0.114. The van der Waals surface area contributed by atoms with Gasteiger partial charge in [-0.2, -0.15) is 0 Å². The number of aryl methyl sites for hydroxylation is 1. The first-order valence-corrected chi connectivity index (χ1v) is 9.93. The second-order valence-corrected chi connectivity index (χ2v) is 7.88. The zero-order chi connectivity index (χ0) is 19.7. The number of carbonyl (C=O) groups excluding carboxylic acids is 2. The summed E-state index contributed by atoms with van der Waals surface area (Å²) in [7, 11) is 0. The number of hydrogen-bond donors (Lipinski definition) is 0. The molecule has 0 saturated carbocycles. The Labute approximate surface area is 165 Å². The summed E-state index contributed by atoms with van der Waals surface area (Å²) in [5.41, 5.74) is 4.31. The van der Waals surface area contributed by atoms with Crippen molar-refractivity contribution in [3.8, 4) is 0 Å². The molecule has 6 heteroatoms. The van der Waals surface area contributed by atoms with Crippen LogP contribution in [0.15, 0.2) is 30.5 Å². The molecular formula is C22H26N4O2. The van der Waals surface area contributed by atoms with Crippen LogP contribution in [0.3, 0.4) is 0 Å². The molecule has 2 aromatic rings. The zero-order valence-corrected chi connectivity index (χ0v) is 16.5. The standard InChI is InChI=1S/C22H26N4O2/c1-15-4-3-5-17(10-15)11-21(28)26-9-7-20-19(14-26)12-23-22(24-20)18-6-8-25(13-18)16(2)27/h3-5,10,12,18H,6-9,11,13-14H2,1-2H3/t18-/m0/s1. The fourth-order valence-corrected chi connectivity index (χ4v) is 4.11. The van der Waals surface area contributed by atoms with Gasteiger partial charge in [0.1, 0.15) is 5.82 Å². The number of amides is 2. The van der Waals surface area contributed by atoms with Crippen molar-refractivity contribution in [3.63, 3.8) is 0 Å². The summed E-state index contributed by atoms with van der Waals surface area (Å²) >= 11 is 0. The second kappa shape index (κ2) is 7.70. The quantitative estimate of drug-likeness (QED) is 0.822. The highest BCUT2D eigenvalue weighted by Crippen LogP contribution is 2.26. The van der Waals surface area contributed by atoms with Crippen molar-refractivity contribution in [1.29, 1.82) is 0 Å². The molecule has 1 aromatic carbocycles. The number of hydrogen-bond acceptors (Lipinski definition) is 4. The Bertz CT molecular complexity index is 911. The van der Waals surface area contributed by atoms with Crippen LogP contribution in [-0.2, 0) is 29.0 Å². The van der Waals surface area contributed by atoms with Crippen LogP contribution in [0.4, 0.5) is 0 Å². The van der Waals surface area contributed by atoms with E-state index in [1.165, 1.54) is 5.56 Å². The summed E-state index contributed by atoms with van der Waals surface area (Å²) in [6.45, 7) is 6.40. The molecule has 6 nitrogen and oxygen atoms in total. The first-order valence-electron chi connectivity index (χ1n) is 9.93. The summed E-state index contributed by atoms with van der Waals surface area (Å²) in [5, 5.41) is 0. The fraction of sp³-hybridized carbons (Fsp3) is 0.455. The highest BCUT2D eigenvalue weighted by molar-refractivity contribution is 5.79. The smallest absolute Gasteiger partial charge is 0.227 e.